The topological polar surface area (TPSA) is 75.6 Å². The summed E-state index contributed by atoms with van der Waals surface area (Å²) in [5.41, 5.74) is -1.29. The molecular formula is C15H20FNO4. The third-order valence-electron chi connectivity index (χ3n) is 3.42. The number of benzene rings is 1. The van der Waals surface area contributed by atoms with Crippen molar-refractivity contribution in [2.45, 2.75) is 38.3 Å². The number of halogens is 1. The molecule has 6 heteroatoms. The highest BCUT2D eigenvalue weighted by atomic mass is 19.1. The van der Waals surface area contributed by atoms with Gasteiger partial charge < -0.3 is 15.2 Å². The minimum atomic E-state index is -1.60. The van der Waals surface area contributed by atoms with Crippen LogP contribution in [-0.2, 0) is 19.9 Å². The fourth-order valence-electron chi connectivity index (χ4n) is 1.83. The predicted molar refractivity (Wildman–Crippen MR) is 75.2 cm³/mol. The quantitative estimate of drug-likeness (QED) is 0.807. The molecule has 0 saturated heterocycles. The van der Waals surface area contributed by atoms with Gasteiger partial charge >= 0.3 is 5.97 Å². The summed E-state index contributed by atoms with van der Waals surface area (Å²) in [7, 11) is 1.54. The van der Waals surface area contributed by atoms with Crippen molar-refractivity contribution in [1.29, 1.82) is 0 Å². The largest absolute Gasteiger partial charge is 0.479 e. The average molecular weight is 297 g/mol. The number of aliphatic carboxylic acids is 1. The van der Waals surface area contributed by atoms with Gasteiger partial charge in [-0.2, -0.15) is 0 Å². The van der Waals surface area contributed by atoms with Gasteiger partial charge in [0.15, 0.2) is 5.54 Å². The first kappa shape index (κ1) is 17.1. The Kier molecular flexibility index (Phi) is 5.84. The summed E-state index contributed by atoms with van der Waals surface area (Å²) in [6.07, 6.45) is 0.554. The van der Waals surface area contributed by atoms with E-state index in [-0.39, 0.29) is 12.5 Å². The van der Waals surface area contributed by atoms with E-state index in [4.69, 9.17) is 4.74 Å². The summed E-state index contributed by atoms with van der Waals surface area (Å²) in [6, 6.07) is 5.02. The number of rotatable bonds is 7. The van der Waals surface area contributed by atoms with Gasteiger partial charge in [-0.1, -0.05) is 12.1 Å². The molecule has 0 heterocycles. The van der Waals surface area contributed by atoms with Crippen molar-refractivity contribution < 1.29 is 23.8 Å². The molecule has 0 aromatic heterocycles. The Morgan fingerprint density at radius 3 is 2.43 bits per heavy atom. The molecule has 0 fully saturated rings. The number of ether oxygens (including phenoxy) is 1. The predicted octanol–water partition coefficient (Wildman–Crippen LogP) is 2.06. The molecule has 1 aromatic rings. The molecule has 21 heavy (non-hydrogen) atoms. The molecule has 0 aliphatic carbocycles. The standard InChI is InChI=1S/C15H20FNO4/c1-10(21-3)4-9-13(18)17-15(2,14(19)20)11-5-7-12(16)8-6-11/h5-8,10H,4,9H2,1-3H3,(H,17,18)(H,19,20). The van der Waals surface area contributed by atoms with Crippen LogP contribution in [0, 0.1) is 5.82 Å². The van der Waals surface area contributed by atoms with Crippen molar-refractivity contribution in [2.75, 3.05) is 7.11 Å². The molecule has 2 unspecified atom stereocenters. The summed E-state index contributed by atoms with van der Waals surface area (Å²) in [5, 5.41) is 11.9. The van der Waals surface area contributed by atoms with E-state index >= 15 is 0 Å². The summed E-state index contributed by atoms with van der Waals surface area (Å²) in [5.74, 6) is -2.07. The molecule has 5 nitrogen and oxygen atoms in total. The Bertz CT molecular complexity index is 503. The average Bonchev–Trinajstić information content (AvgIpc) is 2.45. The van der Waals surface area contributed by atoms with Crippen LogP contribution in [0.15, 0.2) is 24.3 Å². The Morgan fingerprint density at radius 1 is 1.38 bits per heavy atom. The van der Waals surface area contributed by atoms with E-state index < -0.39 is 23.2 Å². The van der Waals surface area contributed by atoms with Crippen molar-refractivity contribution >= 4 is 11.9 Å². The van der Waals surface area contributed by atoms with Crippen LogP contribution >= 0.6 is 0 Å². The van der Waals surface area contributed by atoms with Crippen molar-refractivity contribution in [3.05, 3.63) is 35.6 Å². The van der Waals surface area contributed by atoms with Gasteiger partial charge in [-0.3, -0.25) is 4.79 Å². The molecule has 2 N–H and O–H groups in total. The van der Waals surface area contributed by atoms with Crippen LogP contribution in [0.2, 0.25) is 0 Å². The van der Waals surface area contributed by atoms with Crippen molar-refractivity contribution in [3.8, 4) is 0 Å². The minimum absolute atomic E-state index is 0.0855. The van der Waals surface area contributed by atoms with Crippen LogP contribution in [-0.4, -0.2) is 30.2 Å². The molecule has 1 amide bonds. The first-order valence-corrected chi connectivity index (χ1v) is 6.63. The fourth-order valence-corrected chi connectivity index (χ4v) is 1.83. The van der Waals surface area contributed by atoms with E-state index in [1.165, 1.54) is 19.1 Å². The van der Waals surface area contributed by atoms with Crippen LogP contribution < -0.4 is 5.32 Å². The van der Waals surface area contributed by atoms with E-state index in [1.807, 2.05) is 6.92 Å². The number of methoxy groups -OCH3 is 1. The molecule has 0 bridgehead atoms. The minimum Gasteiger partial charge on any atom is -0.479 e. The molecule has 0 aliphatic heterocycles. The fraction of sp³-hybridized carbons (Fsp3) is 0.467. The number of carboxylic acid groups (broad SMARTS) is 1. The van der Waals surface area contributed by atoms with Gasteiger partial charge in [0.05, 0.1) is 6.10 Å². The maximum atomic E-state index is 12.9. The molecule has 0 aliphatic rings. The number of hydrogen-bond acceptors (Lipinski definition) is 3. The summed E-state index contributed by atoms with van der Waals surface area (Å²) < 4.78 is 18.0. The lowest BCUT2D eigenvalue weighted by Gasteiger charge is -2.27. The zero-order chi connectivity index (χ0) is 16.0. The van der Waals surface area contributed by atoms with Gasteiger partial charge in [0.25, 0.3) is 0 Å². The summed E-state index contributed by atoms with van der Waals surface area (Å²) >= 11 is 0. The Labute approximate surface area is 123 Å². The summed E-state index contributed by atoms with van der Waals surface area (Å²) in [4.78, 5) is 23.4. The number of nitrogens with one attached hydrogen (secondary N) is 1. The van der Waals surface area contributed by atoms with Crippen molar-refractivity contribution in [2.24, 2.45) is 0 Å². The van der Waals surface area contributed by atoms with Gasteiger partial charge in [0, 0.05) is 13.5 Å². The number of hydrogen-bond donors (Lipinski definition) is 2. The Balaban J connectivity index is 2.84. The highest BCUT2D eigenvalue weighted by Gasteiger charge is 2.36. The van der Waals surface area contributed by atoms with Crippen LogP contribution in [0.3, 0.4) is 0 Å². The Morgan fingerprint density at radius 2 is 1.95 bits per heavy atom. The van der Waals surface area contributed by atoms with Crippen molar-refractivity contribution in [1.82, 2.24) is 5.32 Å². The van der Waals surface area contributed by atoms with Crippen molar-refractivity contribution in [3.63, 3.8) is 0 Å². The van der Waals surface area contributed by atoms with Gasteiger partial charge in [-0.15, -0.1) is 0 Å². The molecule has 0 radical (unpaired) electrons. The molecule has 0 spiro atoms. The number of carbonyl (C=O) groups excluding carboxylic acids is 1. The van der Waals surface area contributed by atoms with Crippen LogP contribution in [0.25, 0.3) is 0 Å². The van der Waals surface area contributed by atoms with Gasteiger partial charge in [0.2, 0.25) is 5.91 Å². The van der Waals surface area contributed by atoms with Crippen LogP contribution in [0.5, 0.6) is 0 Å². The first-order chi connectivity index (χ1) is 9.79. The molecule has 2 atom stereocenters. The second-order valence-electron chi connectivity index (χ2n) is 5.07. The normalized spacial score (nSPS) is 15.0. The van der Waals surface area contributed by atoms with E-state index in [1.54, 1.807) is 7.11 Å². The lowest BCUT2D eigenvalue weighted by atomic mass is 9.91. The zero-order valence-corrected chi connectivity index (χ0v) is 12.4. The maximum absolute atomic E-state index is 12.9. The monoisotopic (exact) mass is 297 g/mol. The molecule has 1 aromatic carbocycles. The van der Waals surface area contributed by atoms with Crippen LogP contribution in [0.4, 0.5) is 4.39 Å². The smallest absolute Gasteiger partial charge is 0.333 e. The van der Waals surface area contributed by atoms with Gasteiger partial charge in [-0.25, -0.2) is 9.18 Å². The third-order valence-corrected chi connectivity index (χ3v) is 3.42. The second-order valence-corrected chi connectivity index (χ2v) is 5.07. The highest BCUT2D eigenvalue weighted by molar-refractivity contribution is 5.87. The number of carboxylic acids is 1. The molecular weight excluding hydrogens is 277 g/mol. The first-order valence-electron chi connectivity index (χ1n) is 6.63. The Hall–Kier alpha value is -1.95. The zero-order valence-electron chi connectivity index (χ0n) is 12.4. The maximum Gasteiger partial charge on any atom is 0.333 e. The van der Waals surface area contributed by atoms with E-state index in [2.05, 4.69) is 5.32 Å². The second kappa shape index (κ2) is 7.17. The third kappa shape index (κ3) is 4.53. The number of carbonyl (C=O) groups is 2. The number of amides is 1. The SMILES string of the molecule is COC(C)CCC(=O)NC(C)(C(=O)O)c1ccc(F)cc1. The van der Waals surface area contributed by atoms with Gasteiger partial charge in [0.1, 0.15) is 5.82 Å². The van der Waals surface area contributed by atoms with E-state index in [9.17, 15) is 19.1 Å². The lowest BCUT2D eigenvalue weighted by molar-refractivity contribution is -0.147. The molecule has 0 saturated carbocycles. The van der Waals surface area contributed by atoms with Gasteiger partial charge in [-0.05, 0) is 38.0 Å². The molecule has 1 rings (SSSR count). The highest BCUT2D eigenvalue weighted by Crippen LogP contribution is 2.22. The lowest BCUT2D eigenvalue weighted by Crippen LogP contribution is -2.49. The van der Waals surface area contributed by atoms with E-state index in [0.717, 1.165) is 12.1 Å². The summed E-state index contributed by atoms with van der Waals surface area (Å²) in [6.45, 7) is 3.20. The molecule has 116 valence electrons. The van der Waals surface area contributed by atoms with E-state index in [0.29, 0.717) is 12.0 Å². The van der Waals surface area contributed by atoms with Crippen LogP contribution in [0.1, 0.15) is 32.3 Å².